The molecular weight excluding hydrogens is 416 g/mol. The summed E-state index contributed by atoms with van der Waals surface area (Å²) in [5.74, 6) is 0.837. The Labute approximate surface area is 193 Å². The van der Waals surface area contributed by atoms with E-state index in [1.54, 1.807) is 18.7 Å². The van der Waals surface area contributed by atoms with Crippen molar-refractivity contribution in [3.05, 3.63) is 64.1 Å². The minimum atomic E-state index is -0.166. The molecule has 2 aromatic carbocycles. The molecule has 1 aliphatic heterocycles. The molecule has 7 heteroatoms. The van der Waals surface area contributed by atoms with Crippen molar-refractivity contribution in [2.45, 2.75) is 50.7 Å². The van der Waals surface area contributed by atoms with Crippen molar-refractivity contribution in [1.82, 2.24) is 19.4 Å². The highest BCUT2D eigenvalue weighted by Crippen LogP contribution is 2.40. The van der Waals surface area contributed by atoms with Crippen molar-refractivity contribution >= 4 is 16.9 Å². The topological polar surface area (TPSA) is 68.5 Å². The van der Waals surface area contributed by atoms with Crippen molar-refractivity contribution in [2.75, 3.05) is 27.2 Å². The molecule has 0 radical (unpaired) electrons. The number of aromatic nitrogens is 2. The summed E-state index contributed by atoms with van der Waals surface area (Å²) in [6, 6.07) is 14.8. The van der Waals surface area contributed by atoms with Gasteiger partial charge < -0.3 is 10.1 Å². The summed E-state index contributed by atoms with van der Waals surface area (Å²) in [6.07, 6.45) is 5.25. The van der Waals surface area contributed by atoms with Gasteiger partial charge >= 0.3 is 5.69 Å². The number of methoxy groups -OCH3 is 1. The lowest BCUT2D eigenvalue weighted by Gasteiger charge is -2.40. The first-order valence-corrected chi connectivity index (χ1v) is 11.9. The standard InChI is InChI=1S/C26H32N4O3/c1-27-25(31)17-29-22-9-3-4-10-23(22)30(26(29)32)18-13-15-28(16-14-18)21-11-5-8-20-19(21)7-6-12-24(20)33-2/h3-4,6-7,9-10,12,18,21H,5,8,11,13-17H2,1-2H3,(H,27,31). The number of ether oxygens (including phenoxy) is 1. The number of amides is 1. The molecule has 1 fully saturated rings. The largest absolute Gasteiger partial charge is 0.496 e. The number of likely N-dealkylation sites (N-methyl/N-ethyl adjacent to an activating group) is 1. The molecule has 174 valence electrons. The highest BCUT2D eigenvalue weighted by Gasteiger charge is 2.32. The second kappa shape index (κ2) is 9.06. The number of hydrogen-bond acceptors (Lipinski definition) is 4. The molecule has 0 saturated carbocycles. The molecule has 0 bridgehead atoms. The summed E-state index contributed by atoms with van der Waals surface area (Å²) in [4.78, 5) is 28.0. The van der Waals surface area contributed by atoms with Gasteiger partial charge in [0.15, 0.2) is 0 Å². The van der Waals surface area contributed by atoms with Gasteiger partial charge in [-0.25, -0.2) is 4.79 Å². The van der Waals surface area contributed by atoms with E-state index >= 15 is 0 Å². The highest BCUT2D eigenvalue weighted by atomic mass is 16.5. The van der Waals surface area contributed by atoms with E-state index in [1.807, 2.05) is 28.8 Å². The maximum atomic E-state index is 13.4. The van der Waals surface area contributed by atoms with Crippen LogP contribution in [0.2, 0.25) is 0 Å². The summed E-state index contributed by atoms with van der Waals surface area (Å²) >= 11 is 0. The summed E-state index contributed by atoms with van der Waals surface area (Å²) < 4.78 is 9.15. The van der Waals surface area contributed by atoms with Crippen molar-refractivity contribution in [3.63, 3.8) is 0 Å². The van der Waals surface area contributed by atoms with Gasteiger partial charge in [-0.2, -0.15) is 0 Å². The van der Waals surface area contributed by atoms with Crippen molar-refractivity contribution in [1.29, 1.82) is 0 Å². The van der Waals surface area contributed by atoms with E-state index in [1.165, 1.54) is 17.5 Å². The van der Waals surface area contributed by atoms with Gasteiger partial charge in [0, 0.05) is 32.2 Å². The number of fused-ring (bicyclic) bond motifs is 2. The van der Waals surface area contributed by atoms with E-state index < -0.39 is 0 Å². The van der Waals surface area contributed by atoms with Crippen LogP contribution < -0.4 is 15.7 Å². The zero-order valence-corrected chi connectivity index (χ0v) is 19.4. The number of imidazole rings is 1. The molecule has 7 nitrogen and oxygen atoms in total. The third-order valence-electron chi connectivity index (χ3n) is 7.41. The molecule has 0 spiro atoms. The summed E-state index contributed by atoms with van der Waals surface area (Å²) in [6.45, 7) is 1.95. The molecule has 1 amide bonds. The van der Waals surface area contributed by atoms with Crippen LogP contribution in [-0.4, -0.2) is 47.2 Å². The van der Waals surface area contributed by atoms with Crippen LogP contribution in [0.15, 0.2) is 47.3 Å². The van der Waals surface area contributed by atoms with Crippen LogP contribution in [0.5, 0.6) is 5.75 Å². The molecule has 1 saturated heterocycles. The van der Waals surface area contributed by atoms with Crippen molar-refractivity contribution < 1.29 is 9.53 Å². The first-order chi connectivity index (χ1) is 16.1. The number of para-hydroxylation sites is 2. The number of benzene rings is 2. The van der Waals surface area contributed by atoms with E-state index in [0.29, 0.717) is 6.04 Å². The van der Waals surface area contributed by atoms with Crippen LogP contribution in [0.25, 0.3) is 11.0 Å². The zero-order chi connectivity index (χ0) is 22.9. The van der Waals surface area contributed by atoms with Crippen molar-refractivity contribution in [2.24, 2.45) is 0 Å². The number of rotatable bonds is 5. The fraction of sp³-hybridized carbons (Fsp3) is 0.462. The van der Waals surface area contributed by atoms with E-state index in [4.69, 9.17) is 4.74 Å². The van der Waals surface area contributed by atoms with E-state index in [0.717, 1.165) is 55.6 Å². The Bertz CT molecular complexity index is 1220. The van der Waals surface area contributed by atoms with E-state index in [2.05, 4.69) is 28.4 Å². The molecule has 1 unspecified atom stereocenters. The number of carbonyl (C=O) groups is 1. The molecule has 3 aromatic rings. The van der Waals surface area contributed by atoms with Crippen LogP contribution in [0, 0.1) is 0 Å². The molecule has 2 heterocycles. The second-order valence-electron chi connectivity index (χ2n) is 9.10. The Morgan fingerprint density at radius 1 is 1.06 bits per heavy atom. The average molecular weight is 449 g/mol. The lowest BCUT2D eigenvalue weighted by atomic mass is 9.85. The summed E-state index contributed by atoms with van der Waals surface area (Å²) in [5.41, 5.74) is 4.40. The fourth-order valence-corrected chi connectivity index (χ4v) is 5.78. The van der Waals surface area contributed by atoms with Gasteiger partial charge in [-0.05, 0) is 61.4 Å². The van der Waals surface area contributed by atoms with Gasteiger partial charge in [-0.1, -0.05) is 24.3 Å². The second-order valence-corrected chi connectivity index (χ2v) is 9.10. The van der Waals surface area contributed by atoms with Gasteiger partial charge in [0.25, 0.3) is 0 Å². The molecule has 1 aliphatic carbocycles. The number of carbonyl (C=O) groups excluding carboxylic acids is 1. The lowest BCUT2D eigenvalue weighted by Crippen LogP contribution is -2.41. The summed E-state index contributed by atoms with van der Waals surface area (Å²) in [7, 11) is 3.35. The zero-order valence-electron chi connectivity index (χ0n) is 19.4. The van der Waals surface area contributed by atoms with Gasteiger partial charge in [0.1, 0.15) is 12.3 Å². The molecule has 1 N–H and O–H groups in total. The Hall–Kier alpha value is -3.06. The van der Waals surface area contributed by atoms with Crippen LogP contribution in [0.3, 0.4) is 0 Å². The Kier molecular flexibility index (Phi) is 5.98. The monoisotopic (exact) mass is 448 g/mol. The Morgan fingerprint density at radius 3 is 2.55 bits per heavy atom. The van der Waals surface area contributed by atoms with Crippen LogP contribution in [-0.2, 0) is 17.8 Å². The van der Waals surface area contributed by atoms with Crippen LogP contribution >= 0.6 is 0 Å². The van der Waals surface area contributed by atoms with Crippen LogP contribution in [0.1, 0.15) is 48.9 Å². The Balaban J connectivity index is 1.39. The Morgan fingerprint density at radius 2 is 1.82 bits per heavy atom. The number of piperidine rings is 1. The number of hydrogen-bond donors (Lipinski definition) is 1. The quantitative estimate of drug-likeness (QED) is 0.651. The van der Waals surface area contributed by atoms with Gasteiger partial charge in [0.05, 0.1) is 18.1 Å². The third-order valence-corrected chi connectivity index (χ3v) is 7.41. The SMILES string of the molecule is CNC(=O)Cn1c(=O)n(C2CCN(C3CCCc4c(OC)cccc43)CC2)c2ccccc21. The first kappa shape index (κ1) is 21.8. The minimum Gasteiger partial charge on any atom is -0.496 e. The van der Waals surface area contributed by atoms with E-state index in [-0.39, 0.29) is 24.2 Å². The van der Waals surface area contributed by atoms with Gasteiger partial charge in [0.2, 0.25) is 5.91 Å². The fourth-order valence-electron chi connectivity index (χ4n) is 5.78. The van der Waals surface area contributed by atoms with Gasteiger partial charge in [-0.3, -0.25) is 18.8 Å². The predicted molar refractivity (Wildman–Crippen MR) is 129 cm³/mol. The maximum Gasteiger partial charge on any atom is 0.329 e. The molecule has 1 aromatic heterocycles. The molecule has 33 heavy (non-hydrogen) atoms. The predicted octanol–water partition coefficient (Wildman–Crippen LogP) is 3.27. The highest BCUT2D eigenvalue weighted by molar-refractivity contribution is 5.80. The number of likely N-dealkylation sites (tertiary alicyclic amines) is 1. The summed E-state index contributed by atoms with van der Waals surface area (Å²) in [5, 5.41) is 2.63. The van der Waals surface area contributed by atoms with Gasteiger partial charge in [-0.15, -0.1) is 0 Å². The average Bonchev–Trinajstić information content (AvgIpc) is 3.14. The lowest BCUT2D eigenvalue weighted by molar-refractivity contribution is -0.121. The molecule has 1 atom stereocenters. The molecule has 2 aliphatic rings. The molecular formula is C26H32N4O3. The third kappa shape index (κ3) is 3.84. The number of nitrogens with zero attached hydrogens (tertiary/aromatic N) is 3. The minimum absolute atomic E-state index is 0.0440. The maximum absolute atomic E-state index is 13.4. The van der Waals surface area contributed by atoms with E-state index in [9.17, 15) is 9.59 Å². The smallest absolute Gasteiger partial charge is 0.329 e. The van der Waals surface area contributed by atoms with Crippen LogP contribution in [0.4, 0.5) is 0 Å². The molecule has 5 rings (SSSR count). The number of nitrogens with one attached hydrogen (secondary N) is 1. The normalized spacial score (nSPS) is 19.4. The first-order valence-electron chi connectivity index (χ1n) is 11.9. The van der Waals surface area contributed by atoms with Crippen molar-refractivity contribution in [3.8, 4) is 5.75 Å².